The molecule has 18 heavy (non-hydrogen) atoms. The quantitative estimate of drug-likeness (QED) is 0.882. The van der Waals surface area contributed by atoms with E-state index in [0.29, 0.717) is 11.9 Å². The van der Waals surface area contributed by atoms with Crippen molar-refractivity contribution in [3.05, 3.63) is 30.3 Å². The molecule has 1 saturated carbocycles. The van der Waals surface area contributed by atoms with Crippen LogP contribution in [-0.4, -0.2) is 10.4 Å². The predicted octanol–water partition coefficient (Wildman–Crippen LogP) is 3.60. The number of anilines is 2. The standard InChI is InChI=1S/C14H17N3S/c1-9(10-7-8-10)16-14-12(13(15)17-18-14)11-5-3-2-4-6-11/h2-6,9-10,16H,7-8H2,1H3,(H2,15,17). The van der Waals surface area contributed by atoms with E-state index in [-0.39, 0.29) is 0 Å². The number of rotatable bonds is 4. The molecule has 1 aliphatic carbocycles. The molecule has 3 nitrogen and oxygen atoms in total. The van der Waals surface area contributed by atoms with Crippen molar-refractivity contribution < 1.29 is 0 Å². The zero-order chi connectivity index (χ0) is 12.5. The highest BCUT2D eigenvalue weighted by atomic mass is 32.1. The van der Waals surface area contributed by atoms with Gasteiger partial charge < -0.3 is 11.1 Å². The van der Waals surface area contributed by atoms with Crippen molar-refractivity contribution in [2.75, 3.05) is 11.1 Å². The van der Waals surface area contributed by atoms with Crippen molar-refractivity contribution in [1.82, 2.24) is 4.37 Å². The first kappa shape index (κ1) is 11.5. The lowest BCUT2D eigenvalue weighted by Gasteiger charge is -2.14. The minimum atomic E-state index is 0.507. The third kappa shape index (κ3) is 2.20. The molecule has 1 heterocycles. The van der Waals surface area contributed by atoms with Crippen LogP contribution in [0.15, 0.2) is 30.3 Å². The van der Waals surface area contributed by atoms with Crippen molar-refractivity contribution in [3.8, 4) is 11.1 Å². The first-order valence-electron chi connectivity index (χ1n) is 6.33. The van der Waals surface area contributed by atoms with Gasteiger partial charge >= 0.3 is 0 Å². The summed E-state index contributed by atoms with van der Waals surface area (Å²) in [6.45, 7) is 2.24. The molecule has 0 spiro atoms. The van der Waals surface area contributed by atoms with Crippen LogP contribution in [0.25, 0.3) is 11.1 Å². The topological polar surface area (TPSA) is 50.9 Å². The van der Waals surface area contributed by atoms with Crippen molar-refractivity contribution in [1.29, 1.82) is 0 Å². The SMILES string of the molecule is CC(Nc1snc(N)c1-c1ccccc1)C1CC1. The van der Waals surface area contributed by atoms with Crippen LogP contribution in [0, 0.1) is 5.92 Å². The molecule has 94 valence electrons. The van der Waals surface area contributed by atoms with Crippen molar-refractivity contribution in [2.45, 2.75) is 25.8 Å². The molecule has 2 aromatic rings. The summed E-state index contributed by atoms with van der Waals surface area (Å²) in [5.41, 5.74) is 8.18. The lowest BCUT2D eigenvalue weighted by molar-refractivity contribution is 0.696. The molecule has 4 heteroatoms. The van der Waals surface area contributed by atoms with E-state index in [0.717, 1.165) is 22.0 Å². The third-order valence-electron chi connectivity index (χ3n) is 3.47. The fraction of sp³-hybridized carbons (Fsp3) is 0.357. The van der Waals surface area contributed by atoms with Crippen LogP contribution in [0.5, 0.6) is 0 Å². The Labute approximate surface area is 111 Å². The number of benzene rings is 1. The highest BCUT2D eigenvalue weighted by Gasteiger charge is 2.29. The average molecular weight is 259 g/mol. The van der Waals surface area contributed by atoms with Gasteiger partial charge in [0.15, 0.2) is 0 Å². The van der Waals surface area contributed by atoms with Gasteiger partial charge in [-0.3, -0.25) is 0 Å². The van der Waals surface area contributed by atoms with Crippen LogP contribution in [0.4, 0.5) is 10.8 Å². The van der Waals surface area contributed by atoms with Crippen molar-refractivity contribution in [3.63, 3.8) is 0 Å². The molecule has 1 aromatic heterocycles. The van der Waals surface area contributed by atoms with E-state index < -0.39 is 0 Å². The molecule has 1 atom stereocenters. The molecule has 3 rings (SSSR count). The molecule has 0 bridgehead atoms. The summed E-state index contributed by atoms with van der Waals surface area (Å²) in [4.78, 5) is 0. The molecular formula is C14H17N3S. The summed E-state index contributed by atoms with van der Waals surface area (Å²) in [6, 6.07) is 10.7. The van der Waals surface area contributed by atoms with Crippen LogP contribution in [-0.2, 0) is 0 Å². The van der Waals surface area contributed by atoms with Gasteiger partial charge in [-0.15, -0.1) is 0 Å². The Morgan fingerprint density at radius 1 is 1.33 bits per heavy atom. The molecular weight excluding hydrogens is 242 g/mol. The molecule has 0 aliphatic heterocycles. The van der Waals surface area contributed by atoms with E-state index in [9.17, 15) is 0 Å². The van der Waals surface area contributed by atoms with Gasteiger partial charge in [0.25, 0.3) is 0 Å². The second-order valence-electron chi connectivity index (χ2n) is 4.91. The number of hydrogen-bond donors (Lipinski definition) is 2. The summed E-state index contributed by atoms with van der Waals surface area (Å²) in [5.74, 6) is 1.44. The van der Waals surface area contributed by atoms with E-state index in [1.54, 1.807) is 0 Å². The normalized spacial score (nSPS) is 16.5. The maximum absolute atomic E-state index is 6.00. The molecule has 0 radical (unpaired) electrons. The summed E-state index contributed by atoms with van der Waals surface area (Å²) < 4.78 is 4.28. The number of hydrogen-bond acceptors (Lipinski definition) is 4. The molecule has 0 amide bonds. The minimum Gasteiger partial charge on any atom is -0.382 e. The van der Waals surface area contributed by atoms with Gasteiger partial charge in [0.05, 0.1) is 5.56 Å². The van der Waals surface area contributed by atoms with Crippen molar-refractivity contribution >= 4 is 22.4 Å². The number of aromatic nitrogens is 1. The number of nitrogens with one attached hydrogen (secondary N) is 1. The minimum absolute atomic E-state index is 0.507. The summed E-state index contributed by atoms with van der Waals surface area (Å²) in [7, 11) is 0. The number of nitrogens with two attached hydrogens (primary N) is 1. The smallest absolute Gasteiger partial charge is 0.147 e. The second kappa shape index (κ2) is 4.61. The highest BCUT2D eigenvalue weighted by Crippen LogP contribution is 2.40. The number of nitrogens with zero attached hydrogens (tertiary/aromatic N) is 1. The van der Waals surface area contributed by atoms with Crippen LogP contribution in [0.1, 0.15) is 19.8 Å². The Morgan fingerprint density at radius 2 is 2.06 bits per heavy atom. The van der Waals surface area contributed by atoms with Crippen LogP contribution in [0.3, 0.4) is 0 Å². The summed E-state index contributed by atoms with van der Waals surface area (Å²) in [6.07, 6.45) is 2.67. The van der Waals surface area contributed by atoms with Crippen LogP contribution < -0.4 is 11.1 Å². The molecule has 0 saturated heterocycles. The highest BCUT2D eigenvalue weighted by molar-refractivity contribution is 7.11. The van der Waals surface area contributed by atoms with Gasteiger partial charge in [-0.2, -0.15) is 4.37 Å². The fourth-order valence-corrected chi connectivity index (χ4v) is 3.04. The summed E-state index contributed by atoms with van der Waals surface area (Å²) in [5, 5.41) is 4.66. The Balaban J connectivity index is 1.91. The fourth-order valence-electron chi connectivity index (χ4n) is 2.21. The first-order chi connectivity index (χ1) is 8.75. The van der Waals surface area contributed by atoms with E-state index in [2.05, 4.69) is 28.7 Å². The van der Waals surface area contributed by atoms with Gasteiger partial charge in [-0.1, -0.05) is 30.3 Å². The Morgan fingerprint density at radius 3 is 2.72 bits per heavy atom. The maximum atomic E-state index is 6.00. The predicted molar refractivity (Wildman–Crippen MR) is 77.8 cm³/mol. The monoisotopic (exact) mass is 259 g/mol. The van der Waals surface area contributed by atoms with Crippen LogP contribution >= 0.6 is 11.5 Å². The van der Waals surface area contributed by atoms with Gasteiger partial charge in [-0.25, -0.2) is 0 Å². The number of nitrogen functional groups attached to an aromatic ring is 1. The lowest BCUT2D eigenvalue weighted by atomic mass is 10.1. The Hall–Kier alpha value is -1.55. The third-order valence-corrected chi connectivity index (χ3v) is 4.26. The summed E-state index contributed by atoms with van der Waals surface area (Å²) >= 11 is 1.46. The maximum Gasteiger partial charge on any atom is 0.147 e. The Bertz CT molecular complexity index is 531. The van der Waals surface area contributed by atoms with Crippen LogP contribution in [0.2, 0.25) is 0 Å². The zero-order valence-corrected chi connectivity index (χ0v) is 11.2. The molecule has 1 aliphatic rings. The second-order valence-corrected chi connectivity index (χ2v) is 5.68. The first-order valence-corrected chi connectivity index (χ1v) is 7.10. The lowest BCUT2D eigenvalue weighted by Crippen LogP contribution is -2.16. The van der Waals surface area contributed by atoms with Gasteiger partial charge in [0.1, 0.15) is 10.8 Å². The zero-order valence-electron chi connectivity index (χ0n) is 10.4. The largest absolute Gasteiger partial charge is 0.382 e. The van der Waals surface area contributed by atoms with Gasteiger partial charge in [0.2, 0.25) is 0 Å². The van der Waals surface area contributed by atoms with E-state index in [4.69, 9.17) is 5.73 Å². The van der Waals surface area contributed by atoms with E-state index in [1.165, 1.54) is 24.4 Å². The van der Waals surface area contributed by atoms with Gasteiger partial charge in [-0.05, 0) is 42.8 Å². The van der Waals surface area contributed by atoms with E-state index >= 15 is 0 Å². The Kier molecular flexibility index (Phi) is 2.96. The van der Waals surface area contributed by atoms with E-state index in [1.807, 2.05) is 18.2 Å². The molecule has 1 unspecified atom stereocenters. The molecule has 1 aromatic carbocycles. The van der Waals surface area contributed by atoms with Gasteiger partial charge in [0, 0.05) is 6.04 Å². The molecule has 1 fully saturated rings. The van der Waals surface area contributed by atoms with Crippen molar-refractivity contribution in [2.24, 2.45) is 5.92 Å². The molecule has 3 N–H and O–H groups in total. The average Bonchev–Trinajstić information content (AvgIpc) is 3.17.